The third-order valence-electron chi connectivity index (χ3n) is 3.18. The lowest BCUT2D eigenvalue weighted by Gasteiger charge is -2.13. The minimum Gasteiger partial charge on any atom is -0.476 e. The summed E-state index contributed by atoms with van der Waals surface area (Å²) in [5.41, 5.74) is 0.350. The van der Waals surface area contributed by atoms with Crippen molar-refractivity contribution >= 4 is 5.97 Å². The molecule has 6 heteroatoms. The van der Waals surface area contributed by atoms with Crippen molar-refractivity contribution in [3.63, 3.8) is 0 Å². The molecule has 0 radical (unpaired) electrons. The zero-order valence-electron chi connectivity index (χ0n) is 11.9. The van der Waals surface area contributed by atoms with Crippen molar-refractivity contribution < 1.29 is 14.3 Å². The Hall–Kier alpha value is -2.50. The summed E-state index contributed by atoms with van der Waals surface area (Å²) in [7, 11) is 0. The van der Waals surface area contributed by atoms with E-state index in [4.69, 9.17) is 5.11 Å². The number of carboxylic acid groups (broad SMARTS) is 1. The molecule has 0 bridgehead atoms. The Balaban J connectivity index is 2.75. The van der Waals surface area contributed by atoms with Gasteiger partial charge in [-0.05, 0) is 36.6 Å². The van der Waals surface area contributed by atoms with Gasteiger partial charge >= 0.3 is 5.97 Å². The maximum absolute atomic E-state index is 13.2. The summed E-state index contributed by atoms with van der Waals surface area (Å²) in [4.78, 5) is 23.2. The monoisotopic (exact) mass is 290 g/mol. The summed E-state index contributed by atoms with van der Waals surface area (Å²) < 4.78 is 14.5. The van der Waals surface area contributed by atoms with E-state index in [1.54, 1.807) is 20.8 Å². The standard InChI is InChI=1S/C15H15FN2O3/c1-8(2)11-7-18(17-13(14(11)19)15(20)21)12-5-4-10(16)6-9(12)3/h4-8H,1-3H3,(H,20,21). The van der Waals surface area contributed by atoms with Crippen molar-refractivity contribution in [1.29, 1.82) is 0 Å². The van der Waals surface area contributed by atoms with Gasteiger partial charge in [0, 0.05) is 11.8 Å². The van der Waals surface area contributed by atoms with Gasteiger partial charge in [0.15, 0.2) is 0 Å². The number of nitrogens with zero attached hydrogens (tertiary/aromatic N) is 2. The summed E-state index contributed by atoms with van der Waals surface area (Å²) >= 11 is 0. The van der Waals surface area contributed by atoms with Crippen LogP contribution in [0.4, 0.5) is 4.39 Å². The van der Waals surface area contributed by atoms with Gasteiger partial charge in [-0.25, -0.2) is 13.9 Å². The van der Waals surface area contributed by atoms with E-state index in [0.29, 0.717) is 16.8 Å². The van der Waals surface area contributed by atoms with Crippen LogP contribution in [0.1, 0.15) is 41.4 Å². The van der Waals surface area contributed by atoms with Crippen LogP contribution in [-0.4, -0.2) is 20.9 Å². The topological polar surface area (TPSA) is 72.2 Å². The molecule has 110 valence electrons. The maximum atomic E-state index is 13.2. The van der Waals surface area contributed by atoms with Gasteiger partial charge in [-0.15, -0.1) is 0 Å². The molecule has 0 aliphatic carbocycles. The van der Waals surface area contributed by atoms with Crippen molar-refractivity contribution in [3.8, 4) is 5.69 Å². The second kappa shape index (κ2) is 5.47. The van der Waals surface area contributed by atoms with Crippen molar-refractivity contribution in [2.24, 2.45) is 0 Å². The molecule has 0 amide bonds. The quantitative estimate of drug-likeness (QED) is 0.942. The Bertz CT molecular complexity index is 766. The molecule has 2 aromatic rings. The normalized spacial score (nSPS) is 10.9. The zero-order chi connectivity index (χ0) is 15.7. The van der Waals surface area contributed by atoms with Gasteiger partial charge in [0.1, 0.15) is 5.82 Å². The highest BCUT2D eigenvalue weighted by atomic mass is 19.1. The molecule has 1 aromatic carbocycles. The number of hydrogen-bond acceptors (Lipinski definition) is 3. The molecular formula is C15H15FN2O3. The first-order chi connectivity index (χ1) is 9.81. The Morgan fingerprint density at radius 1 is 1.38 bits per heavy atom. The van der Waals surface area contributed by atoms with E-state index in [0.717, 1.165) is 0 Å². The molecule has 0 atom stereocenters. The minimum atomic E-state index is -1.38. The Morgan fingerprint density at radius 3 is 2.57 bits per heavy atom. The first-order valence-corrected chi connectivity index (χ1v) is 6.45. The fourth-order valence-corrected chi connectivity index (χ4v) is 2.06. The largest absolute Gasteiger partial charge is 0.476 e. The van der Waals surface area contributed by atoms with Gasteiger partial charge in [0.05, 0.1) is 5.69 Å². The van der Waals surface area contributed by atoms with E-state index in [2.05, 4.69) is 5.10 Å². The van der Waals surface area contributed by atoms with Gasteiger partial charge in [0.2, 0.25) is 11.1 Å². The van der Waals surface area contributed by atoms with E-state index in [-0.39, 0.29) is 11.7 Å². The summed E-state index contributed by atoms with van der Waals surface area (Å²) in [5.74, 6) is -1.92. The first-order valence-electron chi connectivity index (χ1n) is 6.45. The van der Waals surface area contributed by atoms with Crippen molar-refractivity contribution in [3.05, 3.63) is 57.3 Å². The average Bonchev–Trinajstić information content (AvgIpc) is 2.38. The van der Waals surface area contributed by atoms with Crippen LogP contribution >= 0.6 is 0 Å². The molecular weight excluding hydrogens is 275 g/mol. The summed E-state index contributed by atoms with van der Waals surface area (Å²) in [6.07, 6.45) is 1.50. The van der Waals surface area contributed by atoms with Crippen molar-refractivity contribution in [2.45, 2.75) is 26.7 Å². The highest BCUT2D eigenvalue weighted by Crippen LogP contribution is 2.17. The molecule has 1 heterocycles. The smallest absolute Gasteiger partial charge is 0.360 e. The lowest BCUT2D eigenvalue weighted by atomic mass is 10.0. The van der Waals surface area contributed by atoms with E-state index < -0.39 is 17.1 Å². The fraction of sp³-hybridized carbons (Fsp3) is 0.267. The second-order valence-electron chi connectivity index (χ2n) is 5.10. The van der Waals surface area contributed by atoms with Crippen molar-refractivity contribution in [1.82, 2.24) is 9.78 Å². The molecule has 0 aliphatic rings. The minimum absolute atomic E-state index is 0.148. The number of aromatic carboxylic acids is 1. The van der Waals surface area contributed by atoms with Gasteiger partial charge in [-0.1, -0.05) is 13.8 Å². The predicted molar refractivity (Wildman–Crippen MR) is 75.6 cm³/mol. The van der Waals surface area contributed by atoms with Crippen LogP contribution in [-0.2, 0) is 0 Å². The molecule has 21 heavy (non-hydrogen) atoms. The molecule has 0 saturated carbocycles. The summed E-state index contributed by atoms with van der Waals surface area (Å²) in [6.45, 7) is 5.28. The zero-order valence-corrected chi connectivity index (χ0v) is 11.9. The molecule has 5 nitrogen and oxygen atoms in total. The van der Waals surface area contributed by atoms with Gasteiger partial charge < -0.3 is 5.11 Å². The van der Waals surface area contributed by atoms with E-state index in [1.165, 1.54) is 29.1 Å². The van der Waals surface area contributed by atoms with Crippen LogP contribution in [0.2, 0.25) is 0 Å². The van der Waals surface area contributed by atoms with Gasteiger partial charge in [-0.3, -0.25) is 4.79 Å². The van der Waals surface area contributed by atoms with Crippen LogP contribution in [0.3, 0.4) is 0 Å². The first kappa shape index (κ1) is 14.9. The van der Waals surface area contributed by atoms with Crippen LogP contribution in [0.15, 0.2) is 29.2 Å². The highest BCUT2D eigenvalue weighted by Gasteiger charge is 2.18. The third-order valence-corrected chi connectivity index (χ3v) is 3.18. The number of aryl methyl sites for hydroxylation is 1. The second-order valence-corrected chi connectivity index (χ2v) is 5.10. The van der Waals surface area contributed by atoms with E-state index in [1.807, 2.05) is 0 Å². The SMILES string of the molecule is Cc1cc(F)ccc1-n1cc(C(C)C)c(=O)c(C(=O)O)n1. The lowest BCUT2D eigenvalue weighted by Crippen LogP contribution is -2.25. The van der Waals surface area contributed by atoms with Crippen molar-refractivity contribution in [2.75, 3.05) is 0 Å². The Labute approximate surface area is 120 Å². The molecule has 0 saturated heterocycles. The maximum Gasteiger partial charge on any atom is 0.360 e. The van der Waals surface area contributed by atoms with Gasteiger partial charge in [-0.2, -0.15) is 5.10 Å². The van der Waals surface area contributed by atoms with Crippen LogP contribution in [0.5, 0.6) is 0 Å². The molecule has 1 N–H and O–H groups in total. The number of halogens is 1. The molecule has 2 rings (SSSR count). The number of rotatable bonds is 3. The lowest BCUT2D eigenvalue weighted by molar-refractivity contribution is 0.0686. The Morgan fingerprint density at radius 2 is 2.05 bits per heavy atom. The number of benzene rings is 1. The number of hydrogen-bond donors (Lipinski definition) is 1. The van der Waals surface area contributed by atoms with E-state index in [9.17, 15) is 14.0 Å². The van der Waals surface area contributed by atoms with Crippen LogP contribution in [0.25, 0.3) is 5.69 Å². The van der Waals surface area contributed by atoms with Crippen LogP contribution in [0, 0.1) is 12.7 Å². The molecule has 1 aromatic heterocycles. The number of carbonyl (C=O) groups is 1. The summed E-state index contributed by atoms with van der Waals surface area (Å²) in [6, 6.07) is 4.08. The predicted octanol–water partition coefficient (Wildman–Crippen LogP) is 2.50. The number of carboxylic acids is 1. The molecule has 0 spiro atoms. The molecule has 0 fully saturated rings. The van der Waals surface area contributed by atoms with E-state index >= 15 is 0 Å². The summed E-state index contributed by atoms with van der Waals surface area (Å²) in [5, 5.41) is 13.0. The molecule has 0 unspecified atom stereocenters. The average molecular weight is 290 g/mol. The number of aromatic nitrogens is 2. The molecule has 0 aliphatic heterocycles. The Kier molecular flexibility index (Phi) is 3.88. The van der Waals surface area contributed by atoms with Gasteiger partial charge in [0.25, 0.3) is 0 Å². The van der Waals surface area contributed by atoms with Crippen LogP contribution < -0.4 is 5.43 Å². The highest BCUT2D eigenvalue weighted by molar-refractivity contribution is 5.85. The third kappa shape index (κ3) is 2.84. The fourth-order valence-electron chi connectivity index (χ4n) is 2.06.